The van der Waals surface area contributed by atoms with Gasteiger partial charge >= 0.3 is 0 Å². The third-order valence-corrected chi connectivity index (χ3v) is 4.52. The highest BCUT2D eigenvalue weighted by Gasteiger charge is 2.27. The number of guanidine groups is 1. The van der Waals surface area contributed by atoms with Gasteiger partial charge in [0.15, 0.2) is 5.96 Å². The van der Waals surface area contributed by atoms with Crippen molar-refractivity contribution in [2.45, 2.75) is 32.7 Å². The van der Waals surface area contributed by atoms with Crippen LogP contribution in [0.5, 0.6) is 0 Å². The quantitative estimate of drug-likeness (QED) is 0.661. The Kier molecular flexibility index (Phi) is 5.32. The third kappa shape index (κ3) is 4.00. The summed E-state index contributed by atoms with van der Waals surface area (Å²) >= 11 is 0. The average molecular weight is 305 g/mol. The summed E-state index contributed by atoms with van der Waals surface area (Å²) in [4.78, 5) is 9.71. The fourth-order valence-corrected chi connectivity index (χ4v) is 3.41. The molecule has 0 bridgehead atoms. The summed E-state index contributed by atoms with van der Waals surface area (Å²) in [6, 6.07) is 1.87. The average Bonchev–Trinajstić information content (AvgIpc) is 3.26. The van der Waals surface area contributed by atoms with Gasteiger partial charge < -0.3 is 19.6 Å². The van der Waals surface area contributed by atoms with Gasteiger partial charge in [-0.2, -0.15) is 0 Å². The number of rotatable bonds is 5. The monoisotopic (exact) mass is 305 g/mol. The van der Waals surface area contributed by atoms with Crippen LogP contribution in [0, 0.1) is 5.92 Å². The third-order valence-electron chi connectivity index (χ3n) is 4.52. The zero-order valence-electron chi connectivity index (χ0n) is 13.5. The molecule has 6 nitrogen and oxygen atoms in total. The van der Waals surface area contributed by atoms with Crippen LogP contribution in [0.3, 0.4) is 0 Å². The van der Waals surface area contributed by atoms with Crippen LogP contribution in [0.25, 0.3) is 0 Å². The van der Waals surface area contributed by atoms with Gasteiger partial charge in [0, 0.05) is 32.2 Å². The molecule has 2 saturated heterocycles. The molecular weight excluding hydrogens is 278 g/mol. The molecule has 0 amide bonds. The second-order valence-electron chi connectivity index (χ2n) is 6.27. The fraction of sp³-hybridized carbons (Fsp3) is 0.750. The number of hydrogen-bond donors (Lipinski definition) is 1. The zero-order valence-corrected chi connectivity index (χ0v) is 13.5. The number of likely N-dealkylation sites (tertiary alicyclic amines) is 2. The molecule has 3 heterocycles. The summed E-state index contributed by atoms with van der Waals surface area (Å²) in [6.45, 7) is 9.62. The van der Waals surface area contributed by atoms with E-state index in [2.05, 4.69) is 27.2 Å². The highest BCUT2D eigenvalue weighted by Crippen LogP contribution is 2.20. The minimum Gasteiger partial charge on any atom is -0.364 e. The molecule has 1 aromatic rings. The van der Waals surface area contributed by atoms with Crippen LogP contribution in [-0.4, -0.2) is 60.2 Å². The predicted molar refractivity (Wildman–Crippen MR) is 86.7 cm³/mol. The number of nitrogens with one attached hydrogen (secondary N) is 1. The van der Waals surface area contributed by atoms with E-state index in [-0.39, 0.29) is 0 Å². The van der Waals surface area contributed by atoms with Gasteiger partial charge in [-0.15, -0.1) is 0 Å². The highest BCUT2D eigenvalue weighted by atomic mass is 16.5. The predicted octanol–water partition coefficient (Wildman–Crippen LogP) is 1.56. The van der Waals surface area contributed by atoms with Crippen molar-refractivity contribution in [1.29, 1.82) is 0 Å². The number of aliphatic imine (C=N–C) groups is 1. The van der Waals surface area contributed by atoms with Gasteiger partial charge in [-0.3, -0.25) is 0 Å². The highest BCUT2D eigenvalue weighted by molar-refractivity contribution is 5.80. The minimum absolute atomic E-state index is 0.576. The van der Waals surface area contributed by atoms with Crippen molar-refractivity contribution in [3.05, 3.63) is 18.0 Å². The molecule has 122 valence electrons. The maximum absolute atomic E-state index is 4.86. The Hall–Kier alpha value is -1.56. The molecule has 0 aliphatic carbocycles. The Balaban J connectivity index is 1.54. The molecular formula is C16H27N5O. The first-order valence-electron chi connectivity index (χ1n) is 8.50. The Morgan fingerprint density at radius 3 is 3.00 bits per heavy atom. The number of hydrogen-bond acceptors (Lipinski definition) is 4. The van der Waals surface area contributed by atoms with E-state index in [1.54, 1.807) is 6.26 Å². The van der Waals surface area contributed by atoms with Gasteiger partial charge in [0.1, 0.15) is 12.0 Å². The molecule has 0 saturated carbocycles. The SMILES string of the molecule is CCNC(=NCc1ccon1)N1CCC(CN2CCCC2)C1. The lowest BCUT2D eigenvalue weighted by Gasteiger charge is -2.23. The Morgan fingerprint density at radius 1 is 1.41 bits per heavy atom. The van der Waals surface area contributed by atoms with Crippen LogP contribution >= 0.6 is 0 Å². The van der Waals surface area contributed by atoms with Crippen molar-refractivity contribution in [2.24, 2.45) is 10.9 Å². The largest absolute Gasteiger partial charge is 0.364 e. The van der Waals surface area contributed by atoms with Crippen molar-refractivity contribution in [3.8, 4) is 0 Å². The van der Waals surface area contributed by atoms with Crippen LogP contribution < -0.4 is 5.32 Å². The maximum Gasteiger partial charge on any atom is 0.194 e. The van der Waals surface area contributed by atoms with Crippen molar-refractivity contribution >= 4 is 5.96 Å². The van der Waals surface area contributed by atoms with E-state index in [0.29, 0.717) is 6.54 Å². The van der Waals surface area contributed by atoms with Gasteiger partial charge in [-0.05, 0) is 45.2 Å². The summed E-state index contributed by atoms with van der Waals surface area (Å²) in [7, 11) is 0. The lowest BCUT2D eigenvalue weighted by molar-refractivity contribution is 0.281. The van der Waals surface area contributed by atoms with Gasteiger partial charge in [-0.25, -0.2) is 4.99 Å². The first kappa shape index (κ1) is 15.3. The van der Waals surface area contributed by atoms with Crippen LogP contribution in [-0.2, 0) is 6.54 Å². The van der Waals surface area contributed by atoms with E-state index in [0.717, 1.165) is 37.2 Å². The molecule has 0 aromatic carbocycles. The maximum atomic E-state index is 4.86. The topological polar surface area (TPSA) is 56.9 Å². The minimum atomic E-state index is 0.576. The summed E-state index contributed by atoms with van der Waals surface area (Å²) in [5.41, 5.74) is 0.878. The molecule has 6 heteroatoms. The number of nitrogens with zero attached hydrogens (tertiary/aromatic N) is 4. The summed E-state index contributed by atoms with van der Waals surface area (Å²) in [5.74, 6) is 1.78. The fourth-order valence-electron chi connectivity index (χ4n) is 3.41. The van der Waals surface area contributed by atoms with E-state index in [1.807, 2.05) is 6.07 Å². The molecule has 0 spiro atoms. The molecule has 1 aromatic heterocycles. The van der Waals surface area contributed by atoms with Crippen molar-refractivity contribution in [3.63, 3.8) is 0 Å². The van der Waals surface area contributed by atoms with Crippen molar-refractivity contribution < 1.29 is 4.52 Å². The van der Waals surface area contributed by atoms with E-state index < -0.39 is 0 Å². The van der Waals surface area contributed by atoms with Crippen molar-refractivity contribution in [1.82, 2.24) is 20.3 Å². The Morgan fingerprint density at radius 2 is 2.27 bits per heavy atom. The molecule has 1 atom stereocenters. The molecule has 2 aliphatic rings. The van der Waals surface area contributed by atoms with Crippen LogP contribution in [0.4, 0.5) is 0 Å². The Labute approximate surface area is 132 Å². The summed E-state index contributed by atoms with van der Waals surface area (Å²) < 4.78 is 4.86. The van der Waals surface area contributed by atoms with Gasteiger partial charge in [0.05, 0.1) is 6.54 Å². The summed E-state index contributed by atoms with van der Waals surface area (Å²) in [5, 5.41) is 7.33. The smallest absolute Gasteiger partial charge is 0.194 e. The molecule has 2 fully saturated rings. The van der Waals surface area contributed by atoms with E-state index in [4.69, 9.17) is 9.52 Å². The molecule has 1 N–H and O–H groups in total. The summed E-state index contributed by atoms with van der Waals surface area (Å²) in [6.07, 6.45) is 5.61. The molecule has 3 rings (SSSR count). The van der Waals surface area contributed by atoms with Crippen molar-refractivity contribution in [2.75, 3.05) is 39.3 Å². The normalized spacial score (nSPS) is 23.4. The van der Waals surface area contributed by atoms with Crippen LogP contribution in [0.15, 0.2) is 21.8 Å². The van der Waals surface area contributed by atoms with Gasteiger partial charge in [0.25, 0.3) is 0 Å². The van der Waals surface area contributed by atoms with E-state index >= 15 is 0 Å². The molecule has 0 radical (unpaired) electrons. The van der Waals surface area contributed by atoms with E-state index in [9.17, 15) is 0 Å². The van der Waals surface area contributed by atoms with Crippen LogP contribution in [0.2, 0.25) is 0 Å². The molecule has 1 unspecified atom stereocenters. The van der Waals surface area contributed by atoms with Crippen LogP contribution in [0.1, 0.15) is 31.9 Å². The first-order chi connectivity index (χ1) is 10.8. The zero-order chi connectivity index (χ0) is 15.2. The lowest BCUT2D eigenvalue weighted by atomic mass is 10.1. The molecule has 22 heavy (non-hydrogen) atoms. The lowest BCUT2D eigenvalue weighted by Crippen LogP contribution is -2.40. The second-order valence-corrected chi connectivity index (χ2v) is 6.27. The Bertz CT molecular complexity index is 467. The van der Waals surface area contributed by atoms with Gasteiger partial charge in [0.2, 0.25) is 0 Å². The van der Waals surface area contributed by atoms with Gasteiger partial charge in [-0.1, -0.05) is 5.16 Å². The second kappa shape index (κ2) is 7.63. The number of aromatic nitrogens is 1. The first-order valence-corrected chi connectivity index (χ1v) is 8.50. The van der Waals surface area contributed by atoms with E-state index in [1.165, 1.54) is 38.9 Å². The molecule has 2 aliphatic heterocycles. The standard InChI is InChI=1S/C16H27N5O/c1-2-17-16(18-11-15-6-10-22-19-15)21-9-5-14(13-21)12-20-7-3-4-8-20/h6,10,14H,2-5,7-9,11-13H2,1H3,(H,17,18).